The van der Waals surface area contributed by atoms with E-state index in [1.165, 1.54) is 11.8 Å². The fourth-order valence-corrected chi connectivity index (χ4v) is 3.22. The number of aliphatic hydroxyl groups is 1. The SMILES string of the molecule is Cc1cccc(OC[C@@H](O)CSc2nnc(-c3ccoc3C)n2C)c1. The van der Waals surface area contributed by atoms with Gasteiger partial charge < -0.3 is 18.8 Å². The van der Waals surface area contributed by atoms with Crippen LogP contribution in [0.1, 0.15) is 11.3 Å². The van der Waals surface area contributed by atoms with Gasteiger partial charge in [-0.15, -0.1) is 10.2 Å². The summed E-state index contributed by atoms with van der Waals surface area (Å²) in [6.45, 7) is 4.14. The maximum atomic E-state index is 10.1. The highest BCUT2D eigenvalue weighted by atomic mass is 32.2. The molecule has 2 heterocycles. The van der Waals surface area contributed by atoms with Crippen molar-refractivity contribution in [1.29, 1.82) is 0 Å². The maximum Gasteiger partial charge on any atom is 0.191 e. The average molecular weight is 359 g/mol. The zero-order valence-electron chi connectivity index (χ0n) is 14.5. The van der Waals surface area contributed by atoms with Crippen molar-refractivity contribution in [2.24, 2.45) is 7.05 Å². The topological polar surface area (TPSA) is 73.3 Å². The fraction of sp³-hybridized carbons (Fsp3) is 0.333. The zero-order valence-corrected chi connectivity index (χ0v) is 15.3. The lowest BCUT2D eigenvalue weighted by atomic mass is 10.2. The predicted molar refractivity (Wildman–Crippen MR) is 96.8 cm³/mol. The van der Waals surface area contributed by atoms with E-state index in [1.54, 1.807) is 6.26 Å². The number of hydrogen-bond acceptors (Lipinski definition) is 6. The highest BCUT2D eigenvalue weighted by Crippen LogP contribution is 2.26. The van der Waals surface area contributed by atoms with Crippen molar-refractivity contribution in [2.75, 3.05) is 12.4 Å². The molecule has 0 unspecified atom stereocenters. The van der Waals surface area contributed by atoms with Gasteiger partial charge in [0.15, 0.2) is 11.0 Å². The maximum absolute atomic E-state index is 10.1. The zero-order chi connectivity index (χ0) is 17.8. The molecule has 1 atom stereocenters. The van der Waals surface area contributed by atoms with Crippen LogP contribution in [-0.4, -0.2) is 38.3 Å². The fourth-order valence-electron chi connectivity index (χ4n) is 2.41. The molecule has 1 N–H and O–H groups in total. The largest absolute Gasteiger partial charge is 0.491 e. The number of ether oxygens (including phenoxy) is 1. The first-order valence-electron chi connectivity index (χ1n) is 7.99. The second-order valence-electron chi connectivity index (χ2n) is 5.85. The van der Waals surface area contributed by atoms with Crippen LogP contribution in [0, 0.1) is 13.8 Å². The van der Waals surface area contributed by atoms with E-state index >= 15 is 0 Å². The smallest absolute Gasteiger partial charge is 0.191 e. The second kappa shape index (κ2) is 7.76. The van der Waals surface area contributed by atoms with Gasteiger partial charge in [0.2, 0.25) is 0 Å². The number of furan rings is 1. The normalized spacial score (nSPS) is 12.3. The van der Waals surface area contributed by atoms with E-state index in [0.717, 1.165) is 33.6 Å². The number of aromatic nitrogens is 3. The lowest BCUT2D eigenvalue weighted by molar-refractivity contribution is 0.126. The molecule has 6 nitrogen and oxygen atoms in total. The highest BCUT2D eigenvalue weighted by molar-refractivity contribution is 7.99. The standard InChI is InChI=1S/C18H21N3O3S/c1-12-5-4-6-15(9-12)24-10-14(22)11-25-18-20-19-17(21(18)3)16-7-8-23-13(16)2/h4-9,14,22H,10-11H2,1-3H3/t14-/m1/s1. The highest BCUT2D eigenvalue weighted by Gasteiger charge is 2.16. The van der Waals surface area contributed by atoms with E-state index in [4.69, 9.17) is 9.15 Å². The minimum absolute atomic E-state index is 0.238. The Morgan fingerprint density at radius 3 is 2.84 bits per heavy atom. The van der Waals surface area contributed by atoms with Gasteiger partial charge in [-0.3, -0.25) is 0 Å². The molecule has 132 valence electrons. The first kappa shape index (κ1) is 17.6. The third kappa shape index (κ3) is 4.24. The molecule has 0 aliphatic rings. The molecular formula is C18H21N3O3S. The predicted octanol–water partition coefficient (Wildman–Crippen LogP) is 3.22. The van der Waals surface area contributed by atoms with Crippen molar-refractivity contribution in [3.63, 3.8) is 0 Å². The molecule has 3 rings (SSSR count). The van der Waals surface area contributed by atoms with E-state index < -0.39 is 6.10 Å². The van der Waals surface area contributed by atoms with E-state index in [-0.39, 0.29) is 6.61 Å². The second-order valence-corrected chi connectivity index (χ2v) is 6.84. The van der Waals surface area contributed by atoms with Crippen molar-refractivity contribution < 1.29 is 14.3 Å². The molecule has 0 saturated carbocycles. The molecule has 2 aromatic heterocycles. The van der Waals surface area contributed by atoms with E-state index in [1.807, 2.05) is 55.8 Å². The molecule has 25 heavy (non-hydrogen) atoms. The number of thioether (sulfide) groups is 1. The third-order valence-corrected chi connectivity index (χ3v) is 4.94. The van der Waals surface area contributed by atoms with Crippen LogP contribution in [0.2, 0.25) is 0 Å². The Morgan fingerprint density at radius 2 is 2.12 bits per heavy atom. The molecule has 3 aromatic rings. The number of aryl methyl sites for hydroxylation is 2. The molecular weight excluding hydrogens is 338 g/mol. The van der Waals surface area contributed by atoms with Crippen molar-refractivity contribution in [2.45, 2.75) is 25.1 Å². The minimum atomic E-state index is -0.596. The Morgan fingerprint density at radius 1 is 1.28 bits per heavy atom. The lowest BCUT2D eigenvalue weighted by Crippen LogP contribution is -2.20. The summed E-state index contributed by atoms with van der Waals surface area (Å²) >= 11 is 1.45. The number of hydrogen-bond donors (Lipinski definition) is 1. The molecule has 0 aliphatic carbocycles. The van der Waals surface area contributed by atoms with Gasteiger partial charge in [0.1, 0.15) is 18.1 Å². The number of nitrogens with zero attached hydrogens (tertiary/aromatic N) is 3. The summed E-state index contributed by atoms with van der Waals surface area (Å²) in [5, 5.41) is 19.3. The summed E-state index contributed by atoms with van der Waals surface area (Å²) in [7, 11) is 1.90. The summed E-state index contributed by atoms with van der Waals surface area (Å²) < 4.78 is 12.8. The average Bonchev–Trinajstić information content (AvgIpc) is 3.16. The van der Waals surface area contributed by atoms with E-state index in [9.17, 15) is 5.11 Å². The van der Waals surface area contributed by atoms with Crippen molar-refractivity contribution in [3.8, 4) is 17.1 Å². The van der Waals surface area contributed by atoms with Gasteiger partial charge in [0.05, 0.1) is 17.9 Å². The molecule has 0 fully saturated rings. The van der Waals surface area contributed by atoms with Crippen LogP contribution in [0.5, 0.6) is 5.75 Å². The van der Waals surface area contributed by atoms with Crippen LogP contribution in [0.25, 0.3) is 11.4 Å². The van der Waals surface area contributed by atoms with Crippen molar-refractivity contribution in [1.82, 2.24) is 14.8 Å². The van der Waals surface area contributed by atoms with Gasteiger partial charge in [0.25, 0.3) is 0 Å². The van der Waals surface area contributed by atoms with Gasteiger partial charge in [-0.25, -0.2) is 0 Å². The van der Waals surface area contributed by atoms with Gasteiger partial charge in [-0.05, 0) is 37.6 Å². The van der Waals surface area contributed by atoms with Crippen molar-refractivity contribution in [3.05, 3.63) is 47.9 Å². The Bertz CT molecular complexity index is 844. The van der Waals surface area contributed by atoms with Crippen molar-refractivity contribution >= 4 is 11.8 Å². The van der Waals surface area contributed by atoms with Crippen LogP contribution in [0.3, 0.4) is 0 Å². The Labute approximate surface area is 150 Å². The Kier molecular flexibility index (Phi) is 5.45. The number of benzene rings is 1. The van der Waals surface area contributed by atoms with Crippen LogP contribution < -0.4 is 4.74 Å². The van der Waals surface area contributed by atoms with Gasteiger partial charge in [0, 0.05) is 12.8 Å². The van der Waals surface area contributed by atoms with Gasteiger partial charge in [-0.2, -0.15) is 0 Å². The summed E-state index contributed by atoms with van der Waals surface area (Å²) in [6.07, 6.45) is 1.04. The van der Waals surface area contributed by atoms with E-state index in [2.05, 4.69) is 10.2 Å². The number of aliphatic hydroxyl groups excluding tert-OH is 1. The molecule has 0 amide bonds. The summed E-state index contributed by atoms with van der Waals surface area (Å²) in [5.74, 6) is 2.79. The summed E-state index contributed by atoms with van der Waals surface area (Å²) in [6, 6.07) is 9.65. The lowest BCUT2D eigenvalue weighted by Gasteiger charge is -2.12. The van der Waals surface area contributed by atoms with Crippen LogP contribution >= 0.6 is 11.8 Å². The first-order chi connectivity index (χ1) is 12.0. The minimum Gasteiger partial charge on any atom is -0.491 e. The molecule has 0 bridgehead atoms. The molecule has 1 aromatic carbocycles. The quantitative estimate of drug-likeness (QED) is 0.653. The first-order valence-corrected chi connectivity index (χ1v) is 8.97. The summed E-state index contributed by atoms with van der Waals surface area (Å²) in [5.41, 5.74) is 2.05. The van der Waals surface area contributed by atoms with Crippen LogP contribution in [0.4, 0.5) is 0 Å². The van der Waals surface area contributed by atoms with Crippen LogP contribution in [0.15, 0.2) is 46.2 Å². The monoisotopic (exact) mass is 359 g/mol. The van der Waals surface area contributed by atoms with Gasteiger partial charge in [-0.1, -0.05) is 23.9 Å². The van der Waals surface area contributed by atoms with Crippen LogP contribution in [-0.2, 0) is 7.05 Å². The Balaban J connectivity index is 1.55. The van der Waals surface area contributed by atoms with Gasteiger partial charge >= 0.3 is 0 Å². The molecule has 0 radical (unpaired) electrons. The molecule has 0 spiro atoms. The molecule has 7 heteroatoms. The number of rotatable bonds is 7. The molecule has 0 aliphatic heterocycles. The molecule has 0 saturated heterocycles. The third-order valence-electron chi connectivity index (χ3n) is 3.77. The van der Waals surface area contributed by atoms with E-state index in [0.29, 0.717) is 5.75 Å². The Hall–Kier alpha value is -2.25. The summed E-state index contributed by atoms with van der Waals surface area (Å²) in [4.78, 5) is 0.